The van der Waals surface area contributed by atoms with Crippen LogP contribution in [0.1, 0.15) is 6.42 Å². The highest BCUT2D eigenvalue weighted by Gasteiger charge is 2.17. The van der Waals surface area contributed by atoms with E-state index in [4.69, 9.17) is 16.9 Å². The Kier molecular flexibility index (Phi) is 6.69. The minimum atomic E-state index is -0.379. The second kappa shape index (κ2) is 9.40. The fourth-order valence-corrected chi connectivity index (χ4v) is 3.55. The topological polar surface area (TPSA) is 61.9 Å². The number of nitrogens with zero attached hydrogens (tertiary/aromatic N) is 4. The molecule has 0 radical (unpaired) electrons. The Morgan fingerprint density at radius 1 is 1.21 bits per heavy atom. The highest BCUT2D eigenvalue weighted by molar-refractivity contribution is 7.99. The second-order valence-corrected chi connectivity index (χ2v) is 7.15. The lowest BCUT2D eigenvalue weighted by Gasteiger charge is -2.21. The van der Waals surface area contributed by atoms with Crippen molar-refractivity contribution in [1.29, 1.82) is 5.26 Å². The minimum absolute atomic E-state index is 0.132. The Bertz CT molecular complexity index is 983. The van der Waals surface area contributed by atoms with Gasteiger partial charge in [0, 0.05) is 35.3 Å². The number of imidazole rings is 1. The lowest BCUT2D eigenvalue weighted by atomic mass is 10.2. The Hall–Kier alpha value is -2.82. The number of benzene rings is 2. The summed E-state index contributed by atoms with van der Waals surface area (Å²) in [5.41, 5.74) is 1.44. The lowest BCUT2D eigenvalue weighted by molar-refractivity contribution is -0.116. The van der Waals surface area contributed by atoms with Gasteiger partial charge in [-0.1, -0.05) is 23.4 Å². The zero-order chi connectivity index (χ0) is 19.9. The Balaban J connectivity index is 1.73. The van der Waals surface area contributed by atoms with Crippen molar-refractivity contribution in [2.45, 2.75) is 11.6 Å². The van der Waals surface area contributed by atoms with E-state index in [1.165, 1.54) is 40.9 Å². The molecule has 1 aromatic heterocycles. The predicted molar refractivity (Wildman–Crippen MR) is 108 cm³/mol. The highest BCUT2D eigenvalue weighted by Crippen LogP contribution is 2.23. The summed E-state index contributed by atoms with van der Waals surface area (Å²) in [6, 6.07) is 15.0. The number of thioether (sulfide) groups is 1. The zero-order valence-corrected chi connectivity index (χ0v) is 16.3. The summed E-state index contributed by atoms with van der Waals surface area (Å²) in [4.78, 5) is 18.6. The van der Waals surface area contributed by atoms with Gasteiger partial charge in [0.15, 0.2) is 5.16 Å². The standard InChI is InChI=1S/C20H16ClFN4OS/c21-15-2-6-18(7-3-15)26-13-11-24-20(26)28-14-19(27)25(12-1-10-23)17-8-4-16(22)5-9-17/h2-9,11,13H,1,12,14H2. The fourth-order valence-electron chi connectivity index (χ4n) is 2.58. The van der Waals surface area contributed by atoms with Crippen LogP contribution in [0.4, 0.5) is 10.1 Å². The molecule has 1 heterocycles. The van der Waals surface area contributed by atoms with Gasteiger partial charge in [-0.25, -0.2) is 9.37 Å². The van der Waals surface area contributed by atoms with E-state index in [9.17, 15) is 9.18 Å². The van der Waals surface area contributed by atoms with Gasteiger partial charge < -0.3 is 4.90 Å². The molecule has 3 aromatic rings. The van der Waals surface area contributed by atoms with Gasteiger partial charge in [0.1, 0.15) is 5.82 Å². The molecule has 3 rings (SSSR count). The molecule has 8 heteroatoms. The van der Waals surface area contributed by atoms with Crippen LogP contribution in [0.3, 0.4) is 0 Å². The summed E-state index contributed by atoms with van der Waals surface area (Å²) < 4.78 is 15.1. The van der Waals surface area contributed by atoms with Crippen molar-refractivity contribution in [3.05, 3.63) is 71.8 Å². The van der Waals surface area contributed by atoms with E-state index in [2.05, 4.69) is 4.98 Å². The van der Waals surface area contributed by atoms with Gasteiger partial charge >= 0.3 is 0 Å². The van der Waals surface area contributed by atoms with Gasteiger partial charge in [-0.2, -0.15) is 5.26 Å². The molecule has 142 valence electrons. The van der Waals surface area contributed by atoms with Crippen LogP contribution in [0.15, 0.2) is 66.1 Å². The van der Waals surface area contributed by atoms with Crippen LogP contribution in [0.5, 0.6) is 0 Å². The summed E-state index contributed by atoms with van der Waals surface area (Å²) in [6.07, 6.45) is 3.66. The number of rotatable bonds is 7. The van der Waals surface area contributed by atoms with Crippen LogP contribution in [-0.4, -0.2) is 27.8 Å². The fraction of sp³-hybridized carbons (Fsp3) is 0.150. The third kappa shape index (κ3) is 4.91. The molecule has 0 aliphatic carbocycles. The van der Waals surface area contributed by atoms with Crippen molar-refractivity contribution in [1.82, 2.24) is 9.55 Å². The number of amides is 1. The van der Waals surface area contributed by atoms with E-state index in [0.29, 0.717) is 15.9 Å². The number of nitriles is 1. The largest absolute Gasteiger partial charge is 0.311 e. The first kappa shape index (κ1) is 19.9. The number of anilines is 1. The van der Waals surface area contributed by atoms with Gasteiger partial charge in [-0.05, 0) is 48.5 Å². The number of aromatic nitrogens is 2. The van der Waals surface area contributed by atoms with Crippen molar-refractivity contribution >= 4 is 35.0 Å². The molecule has 1 amide bonds. The van der Waals surface area contributed by atoms with Crippen LogP contribution < -0.4 is 4.90 Å². The van der Waals surface area contributed by atoms with Gasteiger partial charge in [-0.15, -0.1) is 0 Å². The lowest BCUT2D eigenvalue weighted by Crippen LogP contribution is -2.33. The first-order chi connectivity index (χ1) is 13.6. The van der Waals surface area contributed by atoms with Crippen LogP contribution in [0.25, 0.3) is 5.69 Å². The van der Waals surface area contributed by atoms with Crippen molar-refractivity contribution in [3.8, 4) is 11.8 Å². The SMILES string of the molecule is N#CCCN(C(=O)CSc1nccn1-c1ccc(Cl)cc1)c1ccc(F)cc1. The van der Waals surface area contributed by atoms with E-state index < -0.39 is 0 Å². The van der Waals surface area contributed by atoms with Crippen molar-refractivity contribution in [3.63, 3.8) is 0 Å². The van der Waals surface area contributed by atoms with E-state index in [1.54, 1.807) is 18.3 Å². The predicted octanol–water partition coefficient (Wildman–Crippen LogP) is 4.70. The maximum atomic E-state index is 13.2. The van der Waals surface area contributed by atoms with E-state index in [1.807, 2.05) is 29.0 Å². The number of carbonyl (C=O) groups excluding carboxylic acids is 1. The second-order valence-electron chi connectivity index (χ2n) is 5.77. The van der Waals surface area contributed by atoms with Crippen LogP contribution in [0.2, 0.25) is 5.02 Å². The van der Waals surface area contributed by atoms with Gasteiger partial charge in [0.05, 0.1) is 18.2 Å². The highest BCUT2D eigenvalue weighted by atomic mass is 35.5. The average molecular weight is 415 g/mol. The molecule has 0 N–H and O–H groups in total. The normalized spacial score (nSPS) is 10.5. The van der Waals surface area contributed by atoms with Crippen molar-refractivity contribution in [2.24, 2.45) is 0 Å². The molecule has 0 aliphatic heterocycles. The summed E-state index contributed by atoms with van der Waals surface area (Å²) in [6.45, 7) is 0.243. The van der Waals surface area contributed by atoms with Crippen LogP contribution in [0, 0.1) is 17.1 Å². The molecular formula is C20H16ClFN4OS. The molecule has 0 saturated heterocycles. The molecule has 0 fully saturated rings. The number of carbonyl (C=O) groups is 1. The molecule has 0 atom stereocenters. The van der Waals surface area contributed by atoms with Gasteiger partial charge in [0.25, 0.3) is 0 Å². The van der Waals surface area contributed by atoms with Gasteiger partial charge in [0.2, 0.25) is 5.91 Å². The van der Waals surface area contributed by atoms with Gasteiger partial charge in [-0.3, -0.25) is 9.36 Å². The first-order valence-electron chi connectivity index (χ1n) is 8.43. The Morgan fingerprint density at radius 3 is 2.61 bits per heavy atom. The minimum Gasteiger partial charge on any atom is -0.311 e. The third-order valence-electron chi connectivity index (χ3n) is 3.92. The van der Waals surface area contributed by atoms with Crippen molar-refractivity contribution in [2.75, 3.05) is 17.2 Å². The monoisotopic (exact) mass is 414 g/mol. The first-order valence-corrected chi connectivity index (χ1v) is 9.80. The molecule has 28 heavy (non-hydrogen) atoms. The Morgan fingerprint density at radius 2 is 1.93 bits per heavy atom. The summed E-state index contributed by atoms with van der Waals surface area (Å²) >= 11 is 7.22. The number of halogens is 2. The number of hydrogen-bond acceptors (Lipinski definition) is 4. The number of hydrogen-bond donors (Lipinski definition) is 0. The van der Waals surface area contributed by atoms with Crippen molar-refractivity contribution < 1.29 is 9.18 Å². The maximum Gasteiger partial charge on any atom is 0.237 e. The molecule has 2 aromatic carbocycles. The van der Waals surface area contributed by atoms with E-state index in [-0.39, 0.29) is 30.4 Å². The molecular weight excluding hydrogens is 399 g/mol. The average Bonchev–Trinajstić information content (AvgIpc) is 3.17. The summed E-state index contributed by atoms with van der Waals surface area (Å²) in [7, 11) is 0. The van der Waals surface area contributed by atoms with E-state index >= 15 is 0 Å². The molecule has 0 unspecified atom stereocenters. The summed E-state index contributed by atoms with van der Waals surface area (Å²) in [5, 5.41) is 10.2. The Labute approximate surface area is 171 Å². The zero-order valence-electron chi connectivity index (χ0n) is 14.8. The molecule has 0 bridgehead atoms. The molecule has 5 nitrogen and oxygen atoms in total. The maximum absolute atomic E-state index is 13.2. The third-order valence-corrected chi connectivity index (χ3v) is 5.13. The molecule has 0 aliphatic rings. The summed E-state index contributed by atoms with van der Waals surface area (Å²) in [5.74, 6) is -0.429. The van der Waals surface area contributed by atoms with Crippen LogP contribution >= 0.6 is 23.4 Å². The molecule has 0 spiro atoms. The molecule has 0 saturated carbocycles. The smallest absolute Gasteiger partial charge is 0.237 e. The van der Waals surface area contributed by atoms with Crippen LogP contribution in [-0.2, 0) is 4.79 Å². The quantitative estimate of drug-likeness (QED) is 0.525. The van der Waals surface area contributed by atoms with E-state index in [0.717, 1.165) is 5.69 Å².